The number of nitrogens with zero attached hydrogens (tertiary/aromatic N) is 3. The number of hydrogen-bond acceptors (Lipinski definition) is 4. The van der Waals surface area contributed by atoms with Gasteiger partial charge in [-0.05, 0) is 37.8 Å². The summed E-state index contributed by atoms with van der Waals surface area (Å²) >= 11 is 0. The SMILES string of the molecule is Cc1ccc(N2CCC(NC(=O)N3CCC(CO)C3)CC2)nc1. The molecule has 6 nitrogen and oxygen atoms in total. The molecule has 23 heavy (non-hydrogen) atoms. The molecule has 0 bridgehead atoms. The van der Waals surface area contributed by atoms with Crippen LogP contribution in [0.3, 0.4) is 0 Å². The van der Waals surface area contributed by atoms with Crippen molar-refractivity contribution < 1.29 is 9.90 Å². The Balaban J connectivity index is 1.46. The molecule has 2 saturated heterocycles. The normalized spacial score (nSPS) is 22.4. The van der Waals surface area contributed by atoms with Crippen LogP contribution in [0.5, 0.6) is 0 Å². The van der Waals surface area contributed by atoms with Crippen LogP contribution < -0.4 is 10.2 Å². The molecule has 0 saturated carbocycles. The number of pyridine rings is 1. The van der Waals surface area contributed by atoms with Crippen molar-refractivity contribution in [3.8, 4) is 0 Å². The van der Waals surface area contributed by atoms with Crippen molar-refractivity contribution in [2.75, 3.05) is 37.7 Å². The van der Waals surface area contributed by atoms with Crippen molar-refractivity contribution in [1.29, 1.82) is 0 Å². The summed E-state index contributed by atoms with van der Waals surface area (Å²) in [5, 5.41) is 12.3. The summed E-state index contributed by atoms with van der Waals surface area (Å²) in [6, 6.07) is 4.40. The number of aromatic nitrogens is 1. The van der Waals surface area contributed by atoms with Crippen LogP contribution in [0.4, 0.5) is 10.6 Å². The Morgan fingerprint density at radius 2 is 2.09 bits per heavy atom. The van der Waals surface area contributed by atoms with E-state index in [9.17, 15) is 9.90 Å². The standard InChI is InChI=1S/C17H26N4O2/c1-13-2-3-16(18-10-13)20-8-5-15(6-9-20)19-17(23)21-7-4-14(11-21)12-22/h2-3,10,14-15,22H,4-9,11-12H2,1H3,(H,19,23). The van der Waals surface area contributed by atoms with Crippen LogP contribution in [-0.2, 0) is 0 Å². The van der Waals surface area contributed by atoms with Gasteiger partial charge in [0.2, 0.25) is 0 Å². The van der Waals surface area contributed by atoms with Crippen molar-refractivity contribution in [3.63, 3.8) is 0 Å². The number of aliphatic hydroxyl groups is 1. The first-order valence-electron chi connectivity index (χ1n) is 8.49. The highest BCUT2D eigenvalue weighted by atomic mass is 16.3. The zero-order valence-electron chi connectivity index (χ0n) is 13.7. The molecule has 126 valence electrons. The zero-order valence-corrected chi connectivity index (χ0v) is 13.7. The minimum Gasteiger partial charge on any atom is -0.396 e. The summed E-state index contributed by atoms with van der Waals surface area (Å²) in [5.74, 6) is 1.26. The number of piperidine rings is 1. The predicted octanol–water partition coefficient (Wildman–Crippen LogP) is 1.38. The highest BCUT2D eigenvalue weighted by Crippen LogP contribution is 2.19. The van der Waals surface area contributed by atoms with E-state index in [4.69, 9.17) is 0 Å². The molecule has 2 amide bonds. The third-order valence-electron chi connectivity index (χ3n) is 4.87. The molecule has 2 fully saturated rings. The number of carbonyl (C=O) groups excluding carboxylic acids is 1. The second-order valence-electron chi connectivity index (χ2n) is 6.69. The second-order valence-corrected chi connectivity index (χ2v) is 6.69. The quantitative estimate of drug-likeness (QED) is 0.883. The molecule has 2 N–H and O–H groups in total. The van der Waals surface area contributed by atoms with Gasteiger partial charge in [0, 0.05) is 50.9 Å². The first-order chi connectivity index (χ1) is 11.2. The van der Waals surface area contributed by atoms with Crippen LogP contribution in [0.15, 0.2) is 18.3 Å². The molecule has 3 rings (SSSR count). The van der Waals surface area contributed by atoms with Crippen molar-refractivity contribution in [2.24, 2.45) is 5.92 Å². The molecule has 0 aliphatic carbocycles. The van der Waals surface area contributed by atoms with Crippen molar-refractivity contribution in [1.82, 2.24) is 15.2 Å². The minimum absolute atomic E-state index is 0.0212. The lowest BCUT2D eigenvalue weighted by Crippen LogP contribution is -2.49. The summed E-state index contributed by atoms with van der Waals surface area (Å²) in [6.45, 7) is 5.47. The second kappa shape index (κ2) is 7.17. The third kappa shape index (κ3) is 3.93. The van der Waals surface area contributed by atoms with Crippen molar-refractivity contribution >= 4 is 11.8 Å². The van der Waals surface area contributed by atoms with Crippen LogP contribution in [0.25, 0.3) is 0 Å². The average Bonchev–Trinajstić information content (AvgIpc) is 3.06. The Morgan fingerprint density at radius 3 is 2.70 bits per heavy atom. The Labute approximate surface area is 137 Å². The Hall–Kier alpha value is -1.82. The van der Waals surface area contributed by atoms with Gasteiger partial charge >= 0.3 is 6.03 Å². The first kappa shape index (κ1) is 16.1. The zero-order chi connectivity index (χ0) is 16.2. The van der Waals surface area contributed by atoms with Gasteiger partial charge in [0.1, 0.15) is 5.82 Å². The highest BCUT2D eigenvalue weighted by molar-refractivity contribution is 5.74. The summed E-state index contributed by atoms with van der Waals surface area (Å²) in [4.78, 5) is 20.9. The van der Waals surface area contributed by atoms with Gasteiger partial charge in [-0.1, -0.05) is 6.07 Å². The first-order valence-corrected chi connectivity index (χ1v) is 8.49. The van der Waals surface area contributed by atoms with Gasteiger partial charge in [0.15, 0.2) is 0 Å². The van der Waals surface area contributed by atoms with Crippen LogP contribution in [0.1, 0.15) is 24.8 Å². The number of likely N-dealkylation sites (tertiary alicyclic amines) is 1. The molecular formula is C17H26N4O2. The monoisotopic (exact) mass is 318 g/mol. The van der Waals surface area contributed by atoms with E-state index >= 15 is 0 Å². The fraction of sp³-hybridized carbons (Fsp3) is 0.647. The fourth-order valence-electron chi connectivity index (χ4n) is 3.33. The molecule has 1 atom stereocenters. The van der Waals surface area contributed by atoms with E-state index in [0.29, 0.717) is 6.54 Å². The smallest absolute Gasteiger partial charge is 0.317 e. The van der Waals surface area contributed by atoms with E-state index in [1.165, 1.54) is 5.56 Å². The molecule has 0 spiro atoms. The van der Waals surface area contributed by atoms with Crippen LogP contribution in [-0.4, -0.2) is 59.8 Å². The van der Waals surface area contributed by atoms with E-state index in [1.807, 2.05) is 18.0 Å². The summed E-state index contributed by atoms with van der Waals surface area (Å²) in [6.07, 6.45) is 4.69. The maximum Gasteiger partial charge on any atom is 0.317 e. The number of anilines is 1. The Kier molecular flexibility index (Phi) is 5.00. The van der Waals surface area contributed by atoms with Crippen LogP contribution in [0, 0.1) is 12.8 Å². The number of nitrogens with one attached hydrogen (secondary N) is 1. The van der Waals surface area contributed by atoms with E-state index in [1.54, 1.807) is 0 Å². The van der Waals surface area contributed by atoms with E-state index < -0.39 is 0 Å². The van der Waals surface area contributed by atoms with Crippen LogP contribution in [0.2, 0.25) is 0 Å². The summed E-state index contributed by atoms with van der Waals surface area (Å²) in [5.41, 5.74) is 1.17. The van der Waals surface area contributed by atoms with Crippen LogP contribution >= 0.6 is 0 Å². The molecule has 1 unspecified atom stereocenters. The molecule has 6 heteroatoms. The van der Waals surface area contributed by atoms with Gasteiger partial charge < -0.3 is 20.2 Å². The van der Waals surface area contributed by atoms with E-state index in [2.05, 4.69) is 27.3 Å². The van der Waals surface area contributed by atoms with Gasteiger partial charge in [0.05, 0.1) is 0 Å². The molecule has 0 aromatic carbocycles. The van der Waals surface area contributed by atoms with Gasteiger partial charge in [-0.15, -0.1) is 0 Å². The van der Waals surface area contributed by atoms with E-state index in [0.717, 1.165) is 44.7 Å². The number of amides is 2. The number of urea groups is 1. The number of aryl methyl sites for hydroxylation is 1. The minimum atomic E-state index is 0.0212. The summed E-state index contributed by atoms with van der Waals surface area (Å²) in [7, 11) is 0. The molecular weight excluding hydrogens is 292 g/mol. The number of aliphatic hydroxyl groups excluding tert-OH is 1. The average molecular weight is 318 g/mol. The number of carbonyl (C=O) groups is 1. The maximum absolute atomic E-state index is 12.3. The Bertz CT molecular complexity index is 526. The number of rotatable bonds is 3. The van der Waals surface area contributed by atoms with Gasteiger partial charge in [-0.25, -0.2) is 9.78 Å². The molecule has 0 radical (unpaired) electrons. The molecule has 2 aliphatic heterocycles. The predicted molar refractivity (Wildman–Crippen MR) is 89.5 cm³/mol. The Morgan fingerprint density at radius 1 is 1.30 bits per heavy atom. The van der Waals surface area contributed by atoms with Gasteiger partial charge in [-0.3, -0.25) is 0 Å². The lowest BCUT2D eigenvalue weighted by molar-refractivity contribution is 0.193. The van der Waals surface area contributed by atoms with Crippen molar-refractivity contribution in [3.05, 3.63) is 23.9 Å². The molecule has 3 heterocycles. The number of hydrogen-bond donors (Lipinski definition) is 2. The van der Waals surface area contributed by atoms with Crippen molar-refractivity contribution in [2.45, 2.75) is 32.2 Å². The third-order valence-corrected chi connectivity index (χ3v) is 4.87. The van der Waals surface area contributed by atoms with Gasteiger partial charge in [-0.2, -0.15) is 0 Å². The van der Waals surface area contributed by atoms with E-state index in [-0.39, 0.29) is 24.6 Å². The lowest BCUT2D eigenvalue weighted by atomic mass is 10.1. The largest absolute Gasteiger partial charge is 0.396 e. The highest BCUT2D eigenvalue weighted by Gasteiger charge is 2.28. The topological polar surface area (TPSA) is 68.7 Å². The molecule has 1 aromatic heterocycles. The molecule has 2 aliphatic rings. The lowest BCUT2D eigenvalue weighted by Gasteiger charge is -2.34. The summed E-state index contributed by atoms with van der Waals surface area (Å²) < 4.78 is 0. The maximum atomic E-state index is 12.3. The van der Waals surface area contributed by atoms with Gasteiger partial charge in [0.25, 0.3) is 0 Å². The molecule has 1 aromatic rings. The fourth-order valence-corrected chi connectivity index (χ4v) is 3.33.